The lowest BCUT2D eigenvalue weighted by Crippen LogP contribution is -2.29. The quantitative estimate of drug-likeness (QED) is 0.755. The number of carboxylic acid groups (broad SMARTS) is 1. The molecule has 0 aliphatic heterocycles. The molecule has 0 saturated heterocycles. The first-order valence-corrected chi connectivity index (χ1v) is 5.98. The van der Waals surface area contributed by atoms with E-state index >= 15 is 0 Å². The number of nitrogens with zero attached hydrogens (tertiary/aromatic N) is 3. The largest absolute Gasteiger partial charge is 0.476 e. The monoisotopic (exact) mass is 253 g/mol. The van der Waals surface area contributed by atoms with Gasteiger partial charge in [0.05, 0.1) is 19.0 Å². The van der Waals surface area contributed by atoms with Crippen molar-refractivity contribution in [1.82, 2.24) is 9.97 Å². The van der Waals surface area contributed by atoms with Crippen LogP contribution in [-0.4, -0.2) is 47.8 Å². The second kappa shape index (κ2) is 7.60. The molecule has 0 aliphatic carbocycles. The molecule has 0 atom stereocenters. The molecule has 0 radical (unpaired) electrons. The van der Waals surface area contributed by atoms with Gasteiger partial charge < -0.3 is 14.7 Å². The molecule has 6 heteroatoms. The number of anilines is 1. The van der Waals surface area contributed by atoms with E-state index in [1.807, 2.05) is 4.90 Å². The number of carboxylic acids is 1. The van der Waals surface area contributed by atoms with Crippen molar-refractivity contribution in [3.05, 3.63) is 18.1 Å². The highest BCUT2D eigenvalue weighted by molar-refractivity contribution is 5.84. The van der Waals surface area contributed by atoms with E-state index in [1.54, 1.807) is 7.11 Å². The van der Waals surface area contributed by atoms with Crippen LogP contribution >= 0.6 is 0 Å². The van der Waals surface area contributed by atoms with Crippen molar-refractivity contribution in [1.29, 1.82) is 0 Å². The Morgan fingerprint density at radius 3 is 2.67 bits per heavy atom. The number of rotatable bonds is 8. The predicted octanol–water partition coefficient (Wildman–Crippen LogP) is 1.43. The normalized spacial score (nSPS) is 10.3. The molecule has 0 bridgehead atoms. The summed E-state index contributed by atoms with van der Waals surface area (Å²) >= 11 is 0. The lowest BCUT2D eigenvalue weighted by Gasteiger charge is -2.22. The molecule has 0 saturated carbocycles. The molecule has 0 unspecified atom stereocenters. The van der Waals surface area contributed by atoms with Gasteiger partial charge in [-0.05, 0) is 6.42 Å². The Hall–Kier alpha value is -1.69. The van der Waals surface area contributed by atoms with Gasteiger partial charge in [0.2, 0.25) is 0 Å². The zero-order valence-electron chi connectivity index (χ0n) is 10.8. The minimum Gasteiger partial charge on any atom is -0.476 e. The standard InChI is InChI=1S/C12H19N3O3/c1-3-4-5-15(6-7-18-2)11-9-13-10(8-14-11)12(16)17/h8-9H,3-7H2,1-2H3,(H,16,17). The highest BCUT2D eigenvalue weighted by atomic mass is 16.5. The van der Waals surface area contributed by atoms with Crippen LogP contribution in [0.5, 0.6) is 0 Å². The fourth-order valence-corrected chi connectivity index (χ4v) is 1.49. The molecule has 1 aromatic rings. The van der Waals surface area contributed by atoms with Gasteiger partial charge in [-0.25, -0.2) is 14.8 Å². The van der Waals surface area contributed by atoms with Crippen molar-refractivity contribution in [2.45, 2.75) is 19.8 Å². The van der Waals surface area contributed by atoms with E-state index in [0.717, 1.165) is 25.9 Å². The van der Waals surface area contributed by atoms with Gasteiger partial charge in [0.25, 0.3) is 0 Å². The van der Waals surface area contributed by atoms with Crippen LogP contribution in [-0.2, 0) is 4.74 Å². The maximum atomic E-state index is 10.7. The van der Waals surface area contributed by atoms with Gasteiger partial charge in [0, 0.05) is 20.2 Å². The Morgan fingerprint density at radius 1 is 1.39 bits per heavy atom. The summed E-state index contributed by atoms with van der Waals surface area (Å²) in [6, 6.07) is 0. The topological polar surface area (TPSA) is 75.5 Å². The summed E-state index contributed by atoms with van der Waals surface area (Å²) in [6.07, 6.45) is 4.91. The molecule has 1 N–H and O–H groups in total. The van der Waals surface area contributed by atoms with E-state index in [4.69, 9.17) is 9.84 Å². The van der Waals surface area contributed by atoms with Crippen LogP contribution in [0.15, 0.2) is 12.4 Å². The van der Waals surface area contributed by atoms with E-state index < -0.39 is 5.97 Å². The maximum Gasteiger partial charge on any atom is 0.356 e. The first-order chi connectivity index (χ1) is 8.69. The second-order valence-electron chi connectivity index (χ2n) is 3.90. The summed E-state index contributed by atoms with van der Waals surface area (Å²) in [5.41, 5.74) is -0.0408. The van der Waals surface area contributed by atoms with E-state index in [0.29, 0.717) is 12.4 Å². The van der Waals surface area contributed by atoms with Gasteiger partial charge in [-0.2, -0.15) is 0 Å². The third kappa shape index (κ3) is 4.29. The summed E-state index contributed by atoms with van der Waals surface area (Å²) in [5.74, 6) is -0.378. The molecule has 0 aliphatic rings. The average Bonchev–Trinajstić information content (AvgIpc) is 2.39. The van der Waals surface area contributed by atoms with Gasteiger partial charge in [-0.1, -0.05) is 13.3 Å². The van der Waals surface area contributed by atoms with Crippen molar-refractivity contribution in [3.63, 3.8) is 0 Å². The Bertz CT molecular complexity index is 359. The van der Waals surface area contributed by atoms with Crippen LogP contribution in [0.25, 0.3) is 0 Å². The van der Waals surface area contributed by atoms with Crippen LogP contribution in [0.1, 0.15) is 30.3 Å². The molecule has 0 aromatic carbocycles. The van der Waals surface area contributed by atoms with Crippen LogP contribution in [0, 0.1) is 0 Å². The van der Waals surface area contributed by atoms with E-state index in [-0.39, 0.29) is 5.69 Å². The number of aromatic carboxylic acids is 1. The van der Waals surface area contributed by atoms with Gasteiger partial charge in [-0.3, -0.25) is 0 Å². The molecule has 0 fully saturated rings. The average molecular weight is 253 g/mol. The highest BCUT2D eigenvalue weighted by Crippen LogP contribution is 2.10. The number of ether oxygens (including phenoxy) is 1. The molecule has 1 rings (SSSR count). The number of unbranched alkanes of at least 4 members (excludes halogenated alkanes) is 1. The van der Waals surface area contributed by atoms with Crippen LogP contribution in [0.4, 0.5) is 5.82 Å². The lowest BCUT2D eigenvalue weighted by molar-refractivity contribution is 0.0690. The first kappa shape index (κ1) is 14.4. The molecule has 100 valence electrons. The fraction of sp³-hybridized carbons (Fsp3) is 0.583. The number of hydrogen-bond acceptors (Lipinski definition) is 5. The zero-order chi connectivity index (χ0) is 13.4. The summed E-state index contributed by atoms with van der Waals surface area (Å²) in [7, 11) is 1.65. The van der Waals surface area contributed by atoms with Crippen molar-refractivity contribution in [2.75, 3.05) is 31.7 Å². The Balaban J connectivity index is 2.73. The number of carbonyl (C=O) groups is 1. The Morgan fingerprint density at radius 2 is 2.17 bits per heavy atom. The maximum absolute atomic E-state index is 10.7. The van der Waals surface area contributed by atoms with E-state index in [1.165, 1.54) is 12.4 Å². The van der Waals surface area contributed by atoms with Crippen LogP contribution < -0.4 is 4.90 Å². The van der Waals surface area contributed by atoms with Gasteiger partial charge in [0.1, 0.15) is 5.82 Å². The van der Waals surface area contributed by atoms with Crippen molar-refractivity contribution >= 4 is 11.8 Å². The lowest BCUT2D eigenvalue weighted by atomic mass is 10.3. The second-order valence-corrected chi connectivity index (χ2v) is 3.90. The molecule has 1 aromatic heterocycles. The number of aromatic nitrogens is 2. The molecule has 1 heterocycles. The highest BCUT2D eigenvalue weighted by Gasteiger charge is 2.10. The smallest absolute Gasteiger partial charge is 0.356 e. The molecule has 6 nitrogen and oxygen atoms in total. The molecular weight excluding hydrogens is 234 g/mol. The summed E-state index contributed by atoms with van der Waals surface area (Å²) < 4.78 is 5.05. The Kier molecular flexibility index (Phi) is 6.07. The van der Waals surface area contributed by atoms with Gasteiger partial charge >= 0.3 is 5.97 Å². The van der Waals surface area contributed by atoms with Gasteiger partial charge in [-0.15, -0.1) is 0 Å². The Labute approximate surface area is 107 Å². The molecular formula is C12H19N3O3. The minimum atomic E-state index is -1.06. The van der Waals surface area contributed by atoms with Gasteiger partial charge in [0.15, 0.2) is 5.69 Å². The number of hydrogen-bond donors (Lipinski definition) is 1. The molecule has 0 spiro atoms. The van der Waals surface area contributed by atoms with E-state index in [2.05, 4.69) is 16.9 Å². The minimum absolute atomic E-state index is 0.0408. The van der Waals surface area contributed by atoms with Crippen LogP contribution in [0.3, 0.4) is 0 Å². The molecule has 18 heavy (non-hydrogen) atoms. The number of methoxy groups -OCH3 is 1. The summed E-state index contributed by atoms with van der Waals surface area (Å²) in [5, 5.41) is 8.76. The van der Waals surface area contributed by atoms with Crippen molar-refractivity contribution in [2.24, 2.45) is 0 Å². The third-order valence-electron chi connectivity index (χ3n) is 2.53. The van der Waals surface area contributed by atoms with Crippen molar-refractivity contribution < 1.29 is 14.6 Å². The zero-order valence-corrected chi connectivity index (χ0v) is 10.8. The summed E-state index contributed by atoms with van der Waals surface area (Å²) in [6.45, 7) is 4.30. The summed E-state index contributed by atoms with van der Waals surface area (Å²) in [4.78, 5) is 20.7. The predicted molar refractivity (Wildman–Crippen MR) is 68.0 cm³/mol. The first-order valence-electron chi connectivity index (χ1n) is 5.98. The molecule has 0 amide bonds. The SMILES string of the molecule is CCCCN(CCOC)c1cnc(C(=O)O)cn1. The van der Waals surface area contributed by atoms with E-state index in [9.17, 15) is 4.79 Å². The van der Waals surface area contributed by atoms with Crippen LogP contribution in [0.2, 0.25) is 0 Å². The van der Waals surface area contributed by atoms with Crippen molar-refractivity contribution in [3.8, 4) is 0 Å². The third-order valence-corrected chi connectivity index (χ3v) is 2.53. The fourth-order valence-electron chi connectivity index (χ4n) is 1.49.